The molecular weight excluding hydrogens is 357 g/mol. The highest BCUT2D eigenvalue weighted by molar-refractivity contribution is 6.39. The van der Waals surface area contributed by atoms with E-state index in [9.17, 15) is 14.0 Å². The molecule has 0 bridgehead atoms. The summed E-state index contributed by atoms with van der Waals surface area (Å²) in [6.07, 6.45) is 0.951. The Bertz CT molecular complexity index is 830. The fourth-order valence-electron chi connectivity index (χ4n) is 3.40. The number of rotatable bonds is 4. The van der Waals surface area contributed by atoms with E-state index >= 15 is 0 Å². The number of hydrogen-bond acceptors (Lipinski definition) is 3. The Morgan fingerprint density at radius 3 is 2.32 bits per heavy atom. The van der Waals surface area contributed by atoms with Crippen molar-refractivity contribution in [3.05, 3.63) is 59.9 Å². The lowest BCUT2D eigenvalue weighted by Gasteiger charge is -2.35. The van der Waals surface area contributed by atoms with Gasteiger partial charge in [0.25, 0.3) is 0 Å². The van der Waals surface area contributed by atoms with Gasteiger partial charge in [0.1, 0.15) is 5.82 Å². The number of halogens is 1. The number of nitrogens with one attached hydrogen (secondary N) is 1. The van der Waals surface area contributed by atoms with Crippen LogP contribution in [0.3, 0.4) is 0 Å². The molecule has 1 fully saturated rings. The summed E-state index contributed by atoms with van der Waals surface area (Å²) in [7, 11) is 0. The zero-order valence-electron chi connectivity index (χ0n) is 16.3. The van der Waals surface area contributed by atoms with Crippen LogP contribution in [-0.2, 0) is 9.59 Å². The van der Waals surface area contributed by atoms with E-state index in [-0.39, 0.29) is 5.82 Å². The SMILES string of the molecule is CCC(C)c1ccccc1NC(=O)C(=O)N1CCN(c2ccc(F)cc2)CC1. The molecule has 1 saturated heterocycles. The van der Waals surface area contributed by atoms with Gasteiger partial charge in [0.2, 0.25) is 0 Å². The van der Waals surface area contributed by atoms with Gasteiger partial charge in [-0.3, -0.25) is 9.59 Å². The summed E-state index contributed by atoms with van der Waals surface area (Å²) in [5.74, 6) is -1.10. The van der Waals surface area contributed by atoms with Crippen molar-refractivity contribution < 1.29 is 14.0 Å². The van der Waals surface area contributed by atoms with Gasteiger partial charge in [-0.2, -0.15) is 0 Å². The number of nitrogens with zero attached hydrogens (tertiary/aromatic N) is 2. The summed E-state index contributed by atoms with van der Waals surface area (Å²) in [5.41, 5.74) is 2.65. The standard InChI is InChI=1S/C22H26FN3O2/c1-3-16(2)19-6-4-5-7-20(19)24-21(27)22(28)26-14-12-25(13-15-26)18-10-8-17(23)9-11-18/h4-11,16H,3,12-15H2,1-2H3,(H,24,27). The van der Waals surface area contributed by atoms with E-state index < -0.39 is 11.8 Å². The number of carbonyl (C=O) groups excluding carboxylic acids is 2. The van der Waals surface area contributed by atoms with E-state index in [1.54, 1.807) is 17.0 Å². The molecule has 1 aliphatic rings. The van der Waals surface area contributed by atoms with Crippen LogP contribution in [0.4, 0.5) is 15.8 Å². The van der Waals surface area contributed by atoms with Crippen molar-refractivity contribution in [2.75, 3.05) is 36.4 Å². The molecule has 1 heterocycles. The summed E-state index contributed by atoms with van der Waals surface area (Å²) in [5, 5.41) is 2.79. The number of para-hydroxylation sites is 1. The number of hydrogen-bond donors (Lipinski definition) is 1. The third kappa shape index (κ3) is 4.50. The van der Waals surface area contributed by atoms with Crippen LogP contribution < -0.4 is 10.2 Å². The minimum atomic E-state index is -0.606. The molecule has 3 rings (SSSR count). The Kier molecular flexibility index (Phi) is 6.29. The molecule has 0 aliphatic carbocycles. The molecule has 28 heavy (non-hydrogen) atoms. The van der Waals surface area contributed by atoms with Gasteiger partial charge >= 0.3 is 11.8 Å². The van der Waals surface area contributed by atoms with Crippen molar-refractivity contribution in [2.45, 2.75) is 26.2 Å². The van der Waals surface area contributed by atoms with Crippen LogP contribution in [0.25, 0.3) is 0 Å². The second-order valence-corrected chi connectivity index (χ2v) is 7.11. The maximum Gasteiger partial charge on any atom is 0.313 e. The monoisotopic (exact) mass is 383 g/mol. The Morgan fingerprint density at radius 1 is 1.04 bits per heavy atom. The fraction of sp³-hybridized carbons (Fsp3) is 0.364. The zero-order chi connectivity index (χ0) is 20.1. The first-order valence-corrected chi connectivity index (χ1v) is 9.69. The van der Waals surface area contributed by atoms with Crippen molar-refractivity contribution in [2.24, 2.45) is 0 Å². The lowest BCUT2D eigenvalue weighted by Crippen LogP contribution is -2.51. The minimum Gasteiger partial charge on any atom is -0.368 e. The van der Waals surface area contributed by atoms with Gasteiger partial charge in [-0.25, -0.2) is 4.39 Å². The summed E-state index contributed by atoms with van der Waals surface area (Å²) in [4.78, 5) is 28.7. The van der Waals surface area contributed by atoms with E-state index in [0.717, 1.165) is 17.7 Å². The number of benzene rings is 2. The van der Waals surface area contributed by atoms with Gasteiger partial charge in [-0.15, -0.1) is 0 Å². The summed E-state index contributed by atoms with van der Waals surface area (Å²) in [6, 6.07) is 13.9. The predicted octanol–water partition coefficient (Wildman–Crippen LogP) is 3.63. The molecule has 2 aromatic rings. The lowest BCUT2D eigenvalue weighted by molar-refractivity contribution is -0.143. The molecule has 148 valence electrons. The van der Waals surface area contributed by atoms with E-state index in [4.69, 9.17) is 0 Å². The van der Waals surface area contributed by atoms with Crippen molar-refractivity contribution in [3.8, 4) is 0 Å². The predicted molar refractivity (Wildman–Crippen MR) is 109 cm³/mol. The first-order chi connectivity index (χ1) is 13.5. The molecule has 0 spiro atoms. The van der Waals surface area contributed by atoms with Crippen LogP contribution in [0.5, 0.6) is 0 Å². The van der Waals surface area contributed by atoms with Gasteiger partial charge < -0.3 is 15.1 Å². The third-order valence-corrected chi connectivity index (χ3v) is 5.31. The lowest BCUT2D eigenvalue weighted by atomic mass is 9.97. The average Bonchev–Trinajstić information content (AvgIpc) is 2.73. The Balaban J connectivity index is 1.59. The van der Waals surface area contributed by atoms with Crippen molar-refractivity contribution in [1.29, 1.82) is 0 Å². The molecule has 2 amide bonds. The average molecular weight is 383 g/mol. The van der Waals surface area contributed by atoms with E-state index in [1.165, 1.54) is 12.1 Å². The van der Waals surface area contributed by atoms with Crippen LogP contribution in [-0.4, -0.2) is 42.9 Å². The molecule has 6 heteroatoms. The molecule has 5 nitrogen and oxygen atoms in total. The normalized spacial score (nSPS) is 15.2. The Hall–Kier alpha value is -2.89. The Morgan fingerprint density at radius 2 is 1.68 bits per heavy atom. The van der Waals surface area contributed by atoms with Crippen molar-refractivity contribution in [3.63, 3.8) is 0 Å². The molecular formula is C22H26FN3O2. The van der Waals surface area contributed by atoms with Gasteiger partial charge in [-0.1, -0.05) is 32.0 Å². The van der Waals surface area contributed by atoms with Gasteiger partial charge in [0.05, 0.1) is 0 Å². The largest absolute Gasteiger partial charge is 0.368 e. The second-order valence-electron chi connectivity index (χ2n) is 7.11. The minimum absolute atomic E-state index is 0.271. The molecule has 2 aromatic carbocycles. The highest BCUT2D eigenvalue weighted by atomic mass is 19.1. The first kappa shape index (κ1) is 19.9. The highest BCUT2D eigenvalue weighted by Crippen LogP contribution is 2.26. The van der Waals surface area contributed by atoms with Gasteiger partial charge in [-0.05, 0) is 48.2 Å². The van der Waals surface area contributed by atoms with Crippen LogP contribution in [0.1, 0.15) is 31.7 Å². The van der Waals surface area contributed by atoms with Crippen LogP contribution in [0.2, 0.25) is 0 Å². The molecule has 0 radical (unpaired) electrons. The summed E-state index contributed by atoms with van der Waals surface area (Å²) in [6.45, 7) is 6.31. The van der Waals surface area contributed by atoms with Gasteiger partial charge in [0.15, 0.2) is 0 Å². The van der Waals surface area contributed by atoms with E-state index in [1.807, 2.05) is 24.3 Å². The maximum atomic E-state index is 13.1. The van der Waals surface area contributed by atoms with Crippen LogP contribution >= 0.6 is 0 Å². The van der Waals surface area contributed by atoms with Gasteiger partial charge in [0, 0.05) is 37.6 Å². The summed E-state index contributed by atoms with van der Waals surface area (Å²) >= 11 is 0. The summed E-state index contributed by atoms with van der Waals surface area (Å²) < 4.78 is 13.1. The number of amides is 2. The first-order valence-electron chi connectivity index (χ1n) is 9.69. The Labute approximate surface area is 165 Å². The second kappa shape index (κ2) is 8.87. The number of piperazine rings is 1. The molecule has 0 saturated carbocycles. The maximum absolute atomic E-state index is 13.1. The molecule has 0 aromatic heterocycles. The molecule has 1 atom stereocenters. The fourth-order valence-corrected chi connectivity index (χ4v) is 3.40. The molecule has 1 aliphatic heterocycles. The molecule has 1 unspecified atom stereocenters. The van der Waals surface area contributed by atoms with E-state index in [2.05, 4.69) is 24.1 Å². The van der Waals surface area contributed by atoms with Crippen molar-refractivity contribution >= 4 is 23.2 Å². The number of anilines is 2. The highest BCUT2D eigenvalue weighted by Gasteiger charge is 2.26. The smallest absolute Gasteiger partial charge is 0.313 e. The third-order valence-electron chi connectivity index (χ3n) is 5.31. The number of carbonyl (C=O) groups is 2. The van der Waals surface area contributed by atoms with Crippen molar-refractivity contribution in [1.82, 2.24) is 4.90 Å². The van der Waals surface area contributed by atoms with Crippen LogP contribution in [0, 0.1) is 5.82 Å². The molecule has 1 N–H and O–H groups in total. The van der Waals surface area contributed by atoms with Crippen LogP contribution in [0.15, 0.2) is 48.5 Å². The zero-order valence-corrected chi connectivity index (χ0v) is 16.3. The van der Waals surface area contributed by atoms with E-state index in [0.29, 0.717) is 37.8 Å². The quantitative estimate of drug-likeness (QED) is 0.821. The topological polar surface area (TPSA) is 52.7 Å².